The third kappa shape index (κ3) is 7.77. The molecule has 0 heterocycles. The normalized spacial score (nSPS) is 18.1. The van der Waals surface area contributed by atoms with Crippen LogP contribution in [0, 0.1) is 0 Å². The first-order valence-corrected chi connectivity index (χ1v) is 7.82. The van der Waals surface area contributed by atoms with Crippen molar-refractivity contribution in [1.82, 2.24) is 16.2 Å². The Kier molecular flexibility index (Phi) is 11.0. The lowest BCUT2D eigenvalue weighted by Gasteiger charge is -2.26. The molecule has 0 spiro atoms. The van der Waals surface area contributed by atoms with Crippen molar-refractivity contribution in [1.29, 1.82) is 0 Å². The van der Waals surface area contributed by atoms with Crippen molar-refractivity contribution in [2.75, 3.05) is 19.5 Å². The molecule has 0 fully saturated rings. The number of amides is 1. The molecule has 0 bridgehead atoms. The molecule has 0 radical (unpaired) electrons. The molecule has 22 heavy (non-hydrogen) atoms. The van der Waals surface area contributed by atoms with Crippen LogP contribution >= 0.6 is 25.3 Å². The van der Waals surface area contributed by atoms with E-state index >= 15 is 0 Å². The van der Waals surface area contributed by atoms with E-state index < -0.39 is 41.4 Å². The molecule has 5 atom stereocenters. The topological polar surface area (TPSA) is 120 Å². The van der Waals surface area contributed by atoms with Crippen molar-refractivity contribution >= 4 is 36.3 Å². The lowest BCUT2D eigenvalue weighted by atomic mass is 10.2. The average molecular weight is 355 g/mol. The summed E-state index contributed by atoms with van der Waals surface area (Å²) in [4.78, 5) is 23.4. The fraction of sp³-hybridized carbons (Fsp3) is 0.833. The van der Waals surface area contributed by atoms with Gasteiger partial charge < -0.3 is 20.3 Å². The third-order valence-corrected chi connectivity index (χ3v) is 3.56. The number of aliphatic hydroxyl groups excluding tert-OH is 2. The van der Waals surface area contributed by atoms with E-state index in [1.54, 1.807) is 0 Å². The van der Waals surface area contributed by atoms with Gasteiger partial charge in [-0.15, -0.1) is 12.6 Å². The van der Waals surface area contributed by atoms with Crippen molar-refractivity contribution in [3.63, 3.8) is 0 Å². The summed E-state index contributed by atoms with van der Waals surface area (Å²) in [6.45, 7) is 3.11. The van der Waals surface area contributed by atoms with Gasteiger partial charge in [-0.2, -0.15) is 12.6 Å². The fourth-order valence-electron chi connectivity index (χ4n) is 1.54. The Bertz CT molecular complexity index is 358. The van der Waals surface area contributed by atoms with Gasteiger partial charge in [-0.05, 0) is 13.8 Å². The van der Waals surface area contributed by atoms with Crippen LogP contribution in [-0.4, -0.2) is 71.0 Å². The Labute approximate surface area is 141 Å². The summed E-state index contributed by atoms with van der Waals surface area (Å²) in [6.07, 6.45) is -1.78. The highest BCUT2D eigenvalue weighted by Crippen LogP contribution is 1.99. The quantitative estimate of drug-likeness (QED) is 0.171. The monoisotopic (exact) mass is 355 g/mol. The number of hydrogen-bond acceptors (Lipinski definition) is 8. The Morgan fingerprint density at radius 2 is 1.77 bits per heavy atom. The number of hydrazine groups is 1. The molecule has 10 heteroatoms. The largest absolute Gasteiger partial charge is 0.391 e. The zero-order valence-corrected chi connectivity index (χ0v) is 14.6. The van der Waals surface area contributed by atoms with Crippen LogP contribution in [-0.2, 0) is 14.3 Å². The summed E-state index contributed by atoms with van der Waals surface area (Å²) in [6, 6.07) is -2.32. The molecular weight excluding hydrogens is 330 g/mol. The molecule has 0 aliphatic carbocycles. The van der Waals surface area contributed by atoms with E-state index in [2.05, 4.69) is 41.4 Å². The lowest BCUT2D eigenvalue weighted by molar-refractivity contribution is -0.125. The van der Waals surface area contributed by atoms with Crippen LogP contribution < -0.4 is 16.2 Å². The van der Waals surface area contributed by atoms with Crippen LogP contribution in [0.5, 0.6) is 0 Å². The number of methoxy groups -OCH3 is 1. The number of hydrogen-bond donors (Lipinski definition) is 7. The number of ether oxygens (including phenoxy) is 1. The number of nitrogens with one attached hydrogen (secondary N) is 3. The number of rotatable bonds is 11. The van der Waals surface area contributed by atoms with Crippen LogP contribution in [0.15, 0.2) is 0 Å². The molecule has 0 rings (SSSR count). The van der Waals surface area contributed by atoms with Gasteiger partial charge in [-0.3, -0.25) is 9.59 Å². The Balaban J connectivity index is 4.61. The first kappa shape index (κ1) is 21.6. The van der Waals surface area contributed by atoms with E-state index in [1.165, 1.54) is 21.0 Å². The smallest absolute Gasteiger partial charge is 0.239 e. The van der Waals surface area contributed by atoms with E-state index in [4.69, 9.17) is 4.74 Å². The van der Waals surface area contributed by atoms with E-state index in [9.17, 15) is 19.8 Å². The van der Waals surface area contributed by atoms with Crippen LogP contribution in [0.3, 0.4) is 0 Å². The minimum Gasteiger partial charge on any atom is -0.391 e. The molecule has 0 unspecified atom stereocenters. The number of carbonyl (C=O) groups excluding carboxylic acids is 2. The van der Waals surface area contributed by atoms with E-state index in [0.717, 1.165) is 0 Å². The molecule has 0 saturated heterocycles. The highest BCUT2D eigenvalue weighted by molar-refractivity contribution is 7.96. The summed E-state index contributed by atoms with van der Waals surface area (Å²) < 4.78 is 4.92. The lowest BCUT2D eigenvalue weighted by Crippen LogP contribution is -2.59. The zero-order valence-electron chi connectivity index (χ0n) is 12.8. The van der Waals surface area contributed by atoms with Crippen LogP contribution in [0.25, 0.3) is 0 Å². The molecule has 0 aromatic rings. The van der Waals surface area contributed by atoms with Gasteiger partial charge in [0.25, 0.3) is 0 Å². The number of carbonyl (C=O) groups is 2. The highest BCUT2D eigenvalue weighted by Gasteiger charge is 2.26. The maximum atomic E-state index is 12.1. The minimum atomic E-state index is -0.986. The number of aliphatic hydroxyl groups is 2. The van der Waals surface area contributed by atoms with E-state index in [1.807, 2.05) is 0 Å². The van der Waals surface area contributed by atoms with Crippen LogP contribution in [0.1, 0.15) is 13.8 Å². The molecule has 0 aliphatic heterocycles. The molecule has 8 nitrogen and oxygen atoms in total. The Hall–Kier alpha value is -0.360. The van der Waals surface area contributed by atoms with E-state index in [-0.39, 0.29) is 12.4 Å². The Morgan fingerprint density at radius 1 is 1.18 bits per heavy atom. The standard InChI is InChI=1S/C12H25N3O5S2/c1-6(16)8(4-20-3)13-11(18)9(5-21)14-15-10(7(2)17)12(19)22/h6-10,14-17,21H,4-5H2,1-3H3,(H,13,18)(H,19,22)/t6-,7-,8-,9+,10+/m1/s1. The van der Waals surface area contributed by atoms with Crippen LogP contribution in [0.2, 0.25) is 0 Å². The molecule has 130 valence electrons. The van der Waals surface area contributed by atoms with Gasteiger partial charge in [-0.25, -0.2) is 10.9 Å². The van der Waals surface area contributed by atoms with Gasteiger partial charge in [0.05, 0.1) is 24.9 Å². The summed E-state index contributed by atoms with van der Waals surface area (Å²) in [5.74, 6) is -0.299. The first-order chi connectivity index (χ1) is 10.2. The maximum Gasteiger partial charge on any atom is 0.239 e. The predicted octanol–water partition coefficient (Wildman–Crippen LogP) is -1.90. The summed E-state index contributed by atoms with van der Waals surface area (Å²) >= 11 is 7.72. The summed E-state index contributed by atoms with van der Waals surface area (Å²) in [5, 5.41) is 21.1. The second-order valence-electron chi connectivity index (χ2n) is 4.89. The van der Waals surface area contributed by atoms with Crippen molar-refractivity contribution in [2.45, 2.75) is 44.2 Å². The number of thiol groups is 2. The highest BCUT2D eigenvalue weighted by atomic mass is 32.1. The maximum absolute atomic E-state index is 12.1. The SMILES string of the molecule is COC[C@@H](NC(=O)[C@H](CS)NN[C@H](C(=O)S)[C@@H](C)O)[C@@H](C)O. The molecule has 5 N–H and O–H groups in total. The second kappa shape index (κ2) is 11.2. The average Bonchev–Trinajstić information content (AvgIpc) is 2.41. The second-order valence-corrected chi connectivity index (χ2v) is 5.70. The van der Waals surface area contributed by atoms with Crippen molar-refractivity contribution in [3.05, 3.63) is 0 Å². The van der Waals surface area contributed by atoms with Gasteiger partial charge in [0.2, 0.25) is 11.0 Å². The Morgan fingerprint density at radius 3 is 2.14 bits per heavy atom. The first-order valence-electron chi connectivity index (χ1n) is 6.74. The molecule has 0 saturated carbocycles. The zero-order chi connectivity index (χ0) is 17.3. The van der Waals surface area contributed by atoms with Gasteiger partial charge in [0, 0.05) is 12.9 Å². The summed E-state index contributed by atoms with van der Waals surface area (Å²) in [5.41, 5.74) is 5.18. The van der Waals surface area contributed by atoms with Crippen molar-refractivity contribution in [3.8, 4) is 0 Å². The fourth-order valence-corrected chi connectivity index (χ4v) is 2.07. The molecule has 0 aromatic carbocycles. The van der Waals surface area contributed by atoms with Gasteiger partial charge >= 0.3 is 0 Å². The van der Waals surface area contributed by atoms with Gasteiger partial charge in [-0.1, -0.05) is 0 Å². The molecule has 0 aromatic heterocycles. The predicted molar refractivity (Wildman–Crippen MR) is 88.9 cm³/mol. The van der Waals surface area contributed by atoms with E-state index in [0.29, 0.717) is 0 Å². The van der Waals surface area contributed by atoms with Crippen LogP contribution in [0.4, 0.5) is 0 Å². The molecule has 1 amide bonds. The third-order valence-electron chi connectivity index (χ3n) is 2.92. The summed E-state index contributed by atoms with van der Waals surface area (Å²) in [7, 11) is 1.46. The molecule has 0 aliphatic rings. The van der Waals surface area contributed by atoms with Crippen molar-refractivity contribution < 1.29 is 24.5 Å². The van der Waals surface area contributed by atoms with Gasteiger partial charge in [0.1, 0.15) is 12.1 Å². The minimum absolute atomic E-state index is 0.131. The van der Waals surface area contributed by atoms with Crippen molar-refractivity contribution in [2.24, 2.45) is 0 Å². The molecular formula is C12H25N3O5S2. The van der Waals surface area contributed by atoms with Gasteiger partial charge in [0.15, 0.2) is 0 Å².